The average molecular weight is 304 g/mol. The highest BCUT2D eigenvalue weighted by Gasteiger charge is 2.27. The van der Waals surface area contributed by atoms with E-state index in [4.69, 9.17) is 15.2 Å². The smallest absolute Gasteiger partial charge is 0.282 e. The molecule has 1 unspecified atom stereocenters. The van der Waals surface area contributed by atoms with E-state index < -0.39 is 0 Å². The lowest BCUT2D eigenvalue weighted by Crippen LogP contribution is -2.25. The summed E-state index contributed by atoms with van der Waals surface area (Å²) in [5.74, 6) is 0.851. The van der Waals surface area contributed by atoms with Gasteiger partial charge in [-0.1, -0.05) is 46.8 Å². The predicted molar refractivity (Wildman–Crippen MR) is 90.4 cm³/mol. The van der Waals surface area contributed by atoms with Crippen molar-refractivity contribution in [2.75, 3.05) is 13.2 Å². The minimum atomic E-state index is -0.0722. The Hall–Kier alpha value is -1.71. The van der Waals surface area contributed by atoms with E-state index >= 15 is 0 Å². The Kier molecular flexibility index (Phi) is 4.69. The van der Waals surface area contributed by atoms with Crippen LogP contribution in [0.25, 0.3) is 0 Å². The lowest BCUT2D eigenvalue weighted by Gasteiger charge is -2.33. The van der Waals surface area contributed by atoms with Crippen LogP contribution in [0.2, 0.25) is 0 Å². The largest absolute Gasteiger partial charge is 0.490 e. The van der Waals surface area contributed by atoms with Gasteiger partial charge in [-0.25, -0.2) is 4.99 Å². The first kappa shape index (κ1) is 16.7. The van der Waals surface area contributed by atoms with E-state index in [1.165, 1.54) is 5.56 Å². The molecule has 0 aromatic heterocycles. The fourth-order valence-electron chi connectivity index (χ4n) is 3.14. The van der Waals surface area contributed by atoms with Gasteiger partial charge >= 0.3 is 0 Å². The standard InChI is InChI=1S/C18H28N2O2/c1-17(2,3)12-18(4,5)13-6-8-14(9-7-13)21-11-15-10-20-16(19)22-15/h6-9,15H,10-12H2,1-5H3,(H2,19,20). The van der Waals surface area contributed by atoms with Crippen molar-refractivity contribution in [3.8, 4) is 5.75 Å². The number of ether oxygens (including phenoxy) is 2. The van der Waals surface area contributed by atoms with Crippen molar-refractivity contribution in [3.05, 3.63) is 29.8 Å². The molecule has 0 spiro atoms. The summed E-state index contributed by atoms with van der Waals surface area (Å²) in [7, 11) is 0. The molecule has 1 aliphatic heterocycles. The Balaban J connectivity index is 1.92. The molecule has 0 fully saturated rings. The summed E-state index contributed by atoms with van der Waals surface area (Å²) in [4.78, 5) is 4.00. The number of nitrogens with two attached hydrogens (primary N) is 1. The van der Waals surface area contributed by atoms with E-state index in [2.05, 4.69) is 51.7 Å². The molecule has 122 valence electrons. The maximum absolute atomic E-state index is 5.75. The van der Waals surface area contributed by atoms with E-state index in [0.717, 1.165) is 12.2 Å². The summed E-state index contributed by atoms with van der Waals surface area (Å²) in [6.07, 6.45) is 1.06. The van der Waals surface area contributed by atoms with Gasteiger partial charge in [0.1, 0.15) is 12.4 Å². The lowest BCUT2D eigenvalue weighted by molar-refractivity contribution is 0.141. The van der Waals surface area contributed by atoms with Crippen molar-refractivity contribution < 1.29 is 9.47 Å². The van der Waals surface area contributed by atoms with Crippen LogP contribution in [0, 0.1) is 5.41 Å². The normalized spacial score (nSPS) is 18.8. The summed E-state index contributed by atoms with van der Waals surface area (Å²) in [6.45, 7) is 12.5. The number of nitrogens with zero attached hydrogens (tertiary/aromatic N) is 1. The number of hydrogen-bond acceptors (Lipinski definition) is 4. The van der Waals surface area contributed by atoms with Gasteiger partial charge in [0.25, 0.3) is 6.02 Å². The highest BCUT2D eigenvalue weighted by atomic mass is 16.5. The Morgan fingerprint density at radius 3 is 2.32 bits per heavy atom. The van der Waals surface area contributed by atoms with Crippen molar-refractivity contribution in [2.24, 2.45) is 16.1 Å². The van der Waals surface area contributed by atoms with Crippen molar-refractivity contribution in [2.45, 2.75) is 52.6 Å². The van der Waals surface area contributed by atoms with Gasteiger partial charge in [0.15, 0.2) is 6.10 Å². The number of amidine groups is 1. The van der Waals surface area contributed by atoms with Gasteiger partial charge in [-0.15, -0.1) is 0 Å². The number of aliphatic imine (C=N–C) groups is 1. The van der Waals surface area contributed by atoms with Crippen molar-refractivity contribution >= 4 is 6.02 Å². The third-order valence-corrected chi connectivity index (χ3v) is 3.78. The van der Waals surface area contributed by atoms with Gasteiger partial charge < -0.3 is 15.2 Å². The molecule has 1 aromatic rings. The monoisotopic (exact) mass is 304 g/mol. The molecule has 1 aliphatic rings. The molecule has 2 N–H and O–H groups in total. The topological polar surface area (TPSA) is 56.8 Å². The average Bonchev–Trinajstić information content (AvgIpc) is 2.80. The number of hydrogen-bond donors (Lipinski definition) is 1. The molecule has 0 saturated heterocycles. The molecule has 1 aromatic carbocycles. The lowest BCUT2D eigenvalue weighted by atomic mass is 9.72. The zero-order chi connectivity index (χ0) is 16.4. The highest BCUT2D eigenvalue weighted by Crippen LogP contribution is 2.36. The predicted octanol–water partition coefficient (Wildman–Crippen LogP) is 3.49. The van der Waals surface area contributed by atoms with Gasteiger partial charge in [-0.05, 0) is 34.9 Å². The molecule has 22 heavy (non-hydrogen) atoms. The van der Waals surface area contributed by atoms with Gasteiger partial charge in [0.05, 0.1) is 6.54 Å². The minimum Gasteiger partial charge on any atom is -0.490 e. The molecule has 1 atom stereocenters. The van der Waals surface area contributed by atoms with Crippen molar-refractivity contribution in [1.29, 1.82) is 0 Å². The van der Waals surface area contributed by atoms with Crippen LogP contribution in [0.3, 0.4) is 0 Å². The van der Waals surface area contributed by atoms with Crippen LogP contribution in [-0.2, 0) is 10.2 Å². The first-order valence-corrected chi connectivity index (χ1v) is 7.86. The molecule has 0 aliphatic carbocycles. The molecular weight excluding hydrogens is 276 g/mol. The van der Waals surface area contributed by atoms with Gasteiger partial charge in [0.2, 0.25) is 0 Å². The quantitative estimate of drug-likeness (QED) is 0.906. The van der Waals surface area contributed by atoms with Crippen LogP contribution >= 0.6 is 0 Å². The molecular formula is C18H28N2O2. The zero-order valence-corrected chi connectivity index (χ0v) is 14.3. The van der Waals surface area contributed by atoms with Crippen LogP contribution in [0.5, 0.6) is 5.75 Å². The summed E-state index contributed by atoms with van der Waals surface area (Å²) in [5.41, 5.74) is 7.27. The van der Waals surface area contributed by atoms with Gasteiger partial charge in [-0.2, -0.15) is 0 Å². The molecule has 0 radical (unpaired) electrons. The molecule has 4 heteroatoms. The second-order valence-electron chi connectivity index (χ2n) is 7.88. The highest BCUT2D eigenvalue weighted by molar-refractivity contribution is 5.73. The Morgan fingerprint density at radius 2 is 1.82 bits per heavy atom. The van der Waals surface area contributed by atoms with Crippen LogP contribution in [0.15, 0.2) is 29.3 Å². The van der Waals surface area contributed by atoms with E-state index in [0.29, 0.717) is 18.6 Å². The van der Waals surface area contributed by atoms with Crippen LogP contribution in [0.4, 0.5) is 0 Å². The Labute approximate surface area is 133 Å². The maximum Gasteiger partial charge on any atom is 0.282 e. The maximum atomic E-state index is 5.75. The molecule has 2 rings (SSSR count). The fourth-order valence-corrected chi connectivity index (χ4v) is 3.14. The van der Waals surface area contributed by atoms with E-state index in [-0.39, 0.29) is 17.5 Å². The molecule has 4 nitrogen and oxygen atoms in total. The first-order valence-electron chi connectivity index (χ1n) is 7.86. The fraction of sp³-hybridized carbons (Fsp3) is 0.611. The summed E-state index contributed by atoms with van der Waals surface area (Å²) >= 11 is 0. The van der Waals surface area contributed by atoms with Crippen molar-refractivity contribution in [1.82, 2.24) is 0 Å². The van der Waals surface area contributed by atoms with Gasteiger partial charge in [0, 0.05) is 0 Å². The Morgan fingerprint density at radius 1 is 1.18 bits per heavy atom. The summed E-state index contributed by atoms with van der Waals surface area (Å²) < 4.78 is 11.1. The van der Waals surface area contributed by atoms with Crippen LogP contribution in [-0.4, -0.2) is 25.3 Å². The van der Waals surface area contributed by atoms with Gasteiger partial charge in [-0.3, -0.25) is 0 Å². The van der Waals surface area contributed by atoms with E-state index in [9.17, 15) is 0 Å². The third-order valence-electron chi connectivity index (χ3n) is 3.78. The molecule has 0 bridgehead atoms. The third kappa shape index (κ3) is 4.65. The number of benzene rings is 1. The van der Waals surface area contributed by atoms with Crippen LogP contribution in [0.1, 0.15) is 46.6 Å². The first-order chi connectivity index (χ1) is 10.2. The van der Waals surface area contributed by atoms with Crippen LogP contribution < -0.4 is 10.5 Å². The zero-order valence-electron chi connectivity index (χ0n) is 14.3. The van der Waals surface area contributed by atoms with Crippen molar-refractivity contribution in [3.63, 3.8) is 0 Å². The summed E-state index contributed by atoms with van der Waals surface area (Å²) in [5, 5.41) is 0. The second-order valence-corrected chi connectivity index (χ2v) is 7.88. The second kappa shape index (κ2) is 6.19. The molecule has 0 amide bonds. The summed E-state index contributed by atoms with van der Waals surface area (Å²) in [6, 6.07) is 8.62. The molecule has 1 heterocycles. The van der Waals surface area contributed by atoms with E-state index in [1.807, 2.05) is 12.1 Å². The molecule has 0 saturated carbocycles. The Bertz CT molecular complexity index is 527. The SMILES string of the molecule is CC(C)(C)CC(C)(C)c1ccc(OCC2CN=C(N)O2)cc1. The number of rotatable bonds is 5. The van der Waals surface area contributed by atoms with E-state index in [1.54, 1.807) is 0 Å². The minimum absolute atomic E-state index is 0.0722.